The fraction of sp³-hybridized carbons (Fsp3) is 0.643. The molecule has 106 valence electrons. The van der Waals surface area contributed by atoms with Crippen LogP contribution in [0.25, 0.3) is 0 Å². The molecule has 5 heteroatoms. The summed E-state index contributed by atoms with van der Waals surface area (Å²) < 4.78 is 5.51. The molecule has 1 fully saturated rings. The van der Waals surface area contributed by atoms with E-state index in [2.05, 4.69) is 30.9 Å². The van der Waals surface area contributed by atoms with E-state index in [4.69, 9.17) is 9.84 Å². The zero-order valence-corrected chi connectivity index (χ0v) is 12.3. The summed E-state index contributed by atoms with van der Waals surface area (Å²) in [5.74, 6) is -0.788. The van der Waals surface area contributed by atoms with Crippen molar-refractivity contribution in [3.63, 3.8) is 0 Å². The molecule has 0 radical (unpaired) electrons. The van der Waals surface area contributed by atoms with Crippen LogP contribution in [0.2, 0.25) is 0 Å². The van der Waals surface area contributed by atoms with Crippen LogP contribution in [-0.2, 0) is 16.0 Å². The average Bonchev–Trinajstić information content (AvgIpc) is 2.86. The van der Waals surface area contributed by atoms with E-state index < -0.39 is 5.97 Å². The van der Waals surface area contributed by atoms with Gasteiger partial charge in [-0.05, 0) is 25.5 Å². The van der Waals surface area contributed by atoms with Crippen LogP contribution in [0.15, 0.2) is 12.1 Å². The van der Waals surface area contributed by atoms with Crippen molar-refractivity contribution in [3.05, 3.63) is 21.9 Å². The van der Waals surface area contributed by atoms with E-state index in [1.165, 1.54) is 9.75 Å². The lowest BCUT2D eigenvalue weighted by molar-refractivity contribution is -0.142. The van der Waals surface area contributed by atoms with E-state index in [1.54, 1.807) is 0 Å². The third-order valence-electron chi connectivity index (χ3n) is 3.56. The zero-order valence-electron chi connectivity index (χ0n) is 11.5. The van der Waals surface area contributed by atoms with E-state index in [9.17, 15) is 4.79 Å². The summed E-state index contributed by atoms with van der Waals surface area (Å²) >= 11 is 1.85. The molecular weight excluding hydrogens is 262 g/mol. The van der Waals surface area contributed by atoms with E-state index in [0.29, 0.717) is 19.2 Å². The van der Waals surface area contributed by atoms with Gasteiger partial charge in [-0.1, -0.05) is 6.92 Å². The molecule has 0 aliphatic carbocycles. The van der Waals surface area contributed by atoms with Gasteiger partial charge in [-0.15, -0.1) is 11.3 Å². The number of ether oxygens (including phenoxy) is 1. The lowest BCUT2D eigenvalue weighted by Gasteiger charge is -2.36. The lowest BCUT2D eigenvalue weighted by atomic mass is 10.1. The van der Waals surface area contributed by atoms with Gasteiger partial charge in [0.05, 0.1) is 19.1 Å². The largest absolute Gasteiger partial charge is 0.481 e. The Morgan fingerprint density at radius 3 is 3.05 bits per heavy atom. The van der Waals surface area contributed by atoms with Crippen LogP contribution in [-0.4, -0.2) is 41.8 Å². The Hall–Kier alpha value is -0.910. The molecule has 0 aromatic carbocycles. The number of rotatable bonds is 5. The maximum atomic E-state index is 10.8. The molecule has 0 spiro atoms. The second kappa shape index (κ2) is 6.50. The Morgan fingerprint density at radius 2 is 2.42 bits per heavy atom. The van der Waals surface area contributed by atoms with Crippen LogP contribution >= 0.6 is 11.3 Å². The molecule has 1 aliphatic rings. The first-order valence-corrected chi connectivity index (χ1v) is 7.57. The molecule has 19 heavy (non-hydrogen) atoms. The van der Waals surface area contributed by atoms with Gasteiger partial charge < -0.3 is 9.84 Å². The van der Waals surface area contributed by atoms with Crippen molar-refractivity contribution < 1.29 is 14.6 Å². The smallest absolute Gasteiger partial charge is 0.306 e. The maximum Gasteiger partial charge on any atom is 0.306 e. The number of carboxylic acid groups (broad SMARTS) is 1. The topological polar surface area (TPSA) is 49.8 Å². The molecule has 1 saturated heterocycles. The van der Waals surface area contributed by atoms with E-state index in [-0.39, 0.29) is 12.5 Å². The summed E-state index contributed by atoms with van der Waals surface area (Å²) in [5.41, 5.74) is 0. The number of aliphatic carboxylic acids is 1. The Labute approximate surface area is 118 Å². The van der Waals surface area contributed by atoms with Crippen molar-refractivity contribution in [2.45, 2.75) is 38.8 Å². The first-order valence-electron chi connectivity index (χ1n) is 6.76. The van der Waals surface area contributed by atoms with Crippen LogP contribution < -0.4 is 0 Å². The number of hydrogen-bond acceptors (Lipinski definition) is 4. The molecule has 1 N–H and O–H groups in total. The van der Waals surface area contributed by atoms with Crippen molar-refractivity contribution in [1.29, 1.82) is 0 Å². The lowest BCUT2D eigenvalue weighted by Crippen LogP contribution is -2.44. The molecule has 2 heterocycles. The van der Waals surface area contributed by atoms with Gasteiger partial charge in [0.1, 0.15) is 0 Å². The summed E-state index contributed by atoms with van der Waals surface area (Å²) in [7, 11) is 0. The quantitative estimate of drug-likeness (QED) is 0.902. The molecule has 0 bridgehead atoms. The van der Waals surface area contributed by atoms with Gasteiger partial charge in [0.15, 0.2) is 0 Å². The number of carbonyl (C=O) groups is 1. The summed E-state index contributed by atoms with van der Waals surface area (Å²) in [6.07, 6.45) is 0.982. The molecule has 2 unspecified atom stereocenters. The minimum absolute atomic E-state index is 0.0911. The predicted molar refractivity (Wildman–Crippen MR) is 75.7 cm³/mol. The van der Waals surface area contributed by atoms with Crippen molar-refractivity contribution in [2.75, 3.05) is 19.7 Å². The van der Waals surface area contributed by atoms with Gasteiger partial charge >= 0.3 is 5.97 Å². The second-order valence-corrected chi connectivity index (χ2v) is 6.12. The monoisotopic (exact) mass is 283 g/mol. The minimum Gasteiger partial charge on any atom is -0.481 e. The van der Waals surface area contributed by atoms with E-state index in [1.807, 2.05) is 11.3 Å². The molecule has 1 aliphatic heterocycles. The van der Waals surface area contributed by atoms with Gasteiger partial charge in [0.2, 0.25) is 0 Å². The Kier molecular flexibility index (Phi) is 4.96. The standard InChI is InChI=1S/C14H21NO3S/c1-3-12-4-5-13(19-12)10(2)15-6-7-18-11(9-15)8-14(16)17/h4-5,10-11H,3,6-9H2,1-2H3,(H,16,17). The summed E-state index contributed by atoms with van der Waals surface area (Å²) in [6.45, 7) is 6.55. The van der Waals surface area contributed by atoms with Gasteiger partial charge in [0.25, 0.3) is 0 Å². The zero-order chi connectivity index (χ0) is 13.8. The van der Waals surface area contributed by atoms with Crippen LogP contribution in [0, 0.1) is 0 Å². The highest BCUT2D eigenvalue weighted by Gasteiger charge is 2.26. The highest BCUT2D eigenvalue weighted by molar-refractivity contribution is 7.12. The molecule has 1 aromatic heterocycles. The van der Waals surface area contributed by atoms with Gasteiger partial charge in [-0.25, -0.2) is 0 Å². The number of hydrogen-bond donors (Lipinski definition) is 1. The van der Waals surface area contributed by atoms with Crippen molar-refractivity contribution in [2.24, 2.45) is 0 Å². The third-order valence-corrected chi connectivity index (χ3v) is 4.96. The summed E-state index contributed by atoms with van der Waals surface area (Å²) in [6, 6.07) is 4.71. The summed E-state index contributed by atoms with van der Waals surface area (Å²) in [5, 5.41) is 8.85. The average molecular weight is 283 g/mol. The number of morpholine rings is 1. The number of nitrogens with zero attached hydrogens (tertiary/aromatic N) is 1. The highest BCUT2D eigenvalue weighted by atomic mass is 32.1. The first kappa shape index (κ1) is 14.5. The number of thiophene rings is 1. The molecule has 0 amide bonds. The van der Waals surface area contributed by atoms with Crippen molar-refractivity contribution in [1.82, 2.24) is 4.90 Å². The first-order chi connectivity index (χ1) is 9.10. The minimum atomic E-state index is -0.788. The second-order valence-electron chi connectivity index (χ2n) is 4.92. The van der Waals surface area contributed by atoms with E-state index >= 15 is 0 Å². The van der Waals surface area contributed by atoms with Crippen LogP contribution in [0.5, 0.6) is 0 Å². The molecular formula is C14H21NO3S. The molecule has 1 aromatic rings. The Morgan fingerprint density at radius 1 is 1.63 bits per heavy atom. The fourth-order valence-electron chi connectivity index (χ4n) is 2.40. The number of aryl methyl sites for hydroxylation is 1. The summed E-state index contributed by atoms with van der Waals surface area (Å²) in [4.78, 5) is 15.8. The molecule has 2 atom stereocenters. The third kappa shape index (κ3) is 3.78. The normalized spacial score (nSPS) is 22.3. The maximum absolute atomic E-state index is 10.8. The van der Waals surface area contributed by atoms with Crippen molar-refractivity contribution >= 4 is 17.3 Å². The SMILES string of the molecule is CCc1ccc(C(C)N2CCOC(CC(=O)O)C2)s1. The molecule has 0 saturated carbocycles. The van der Waals surface area contributed by atoms with Gasteiger partial charge in [-0.2, -0.15) is 0 Å². The van der Waals surface area contributed by atoms with Crippen LogP contribution in [0.3, 0.4) is 0 Å². The predicted octanol–water partition coefficient (Wildman–Crippen LogP) is 2.55. The molecule has 2 rings (SSSR count). The van der Waals surface area contributed by atoms with Gasteiger partial charge in [0, 0.05) is 28.9 Å². The van der Waals surface area contributed by atoms with Crippen LogP contribution in [0.4, 0.5) is 0 Å². The fourth-order valence-corrected chi connectivity index (χ4v) is 3.44. The van der Waals surface area contributed by atoms with Crippen molar-refractivity contribution in [3.8, 4) is 0 Å². The van der Waals surface area contributed by atoms with Gasteiger partial charge in [-0.3, -0.25) is 9.69 Å². The molecule has 4 nitrogen and oxygen atoms in total. The number of carboxylic acids is 1. The Balaban J connectivity index is 1.98. The highest BCUT2D eigenvalue weighted by Crippen LogP contribution is 2.29. The van der Waals surface area contributed by atoms with E-state index in [0.717, 1.165) is 13.0 Å². The Bertz CT molecular complexity index is 432. The van der Waals surface area contributed by atoms with Crippen LogP contribution in [0.1, 0.15) is 36.1 Å².